The zero-order valence-electron chi connectivity index (χ0n) is 12.7. The normalized spacial score (nSPS) is 10.5. The summed E-state index contributed by atoms with van der Waals surface area (Å²) in [5.74, 6) is 2.73. The van der Waals surface area contributed by atoms with Crippen molar-refractivity contribution in [3.05, 3.63) is 40.6 Å². The van der Waals surface area contributed by atoms with E-state index in [4.69, 9.17) is 9.47 Å². The van der Waals surface area contributed by atoms with Gasteiger partial charge in [0.15, 0.2) is 16.7 Å². The van der Waals surface area contributed by atoms with Crippen LogP contribution in [0.15, 0.2) is 40.9 Å². The number of thiophene rings is 1. The van der Waals surface area contributed by atoms with E-state index in [0.717, 1.165) is 16.6 Å². The van der Waals surface area contributed by atoms with Gasteiger partial charge in [-0.15, -0.1) is 16.4 Å². The lowest BCUT2D eigenvalue weighted by atomic mass is 10.3. The third-order valence-electron chi connectivity index (χ3n) is 3.04. The van der Waals surface area contributed by atoms with Crippen molar-refractivity contribution in [2.75, 3.05) is 19.5 Å². The van der Waals surface area contributed by atoms with Crippen LogP contribution >= 0.6 is 23.1 Å². The molecule has 0 amide bonds. The van der Waals surface area contributed by atoms with E-state index in [9.17, 15) is 0 Å². The summed E-state index contributed by atoms with van der Waals surface area (Å²) in [7, 11) is 3.21. The van der Waals surface area contributed by atoms with E-state index in [0.29, 0.717) is 17.4 Å². The van der Waals surface area contributed by atoms with E-state index in [1.165, 1.54) is 4.88 Å². The minimum atomic E-state index is 0.519. The first-order chi connectivity index (χ1) is 11.3. The highest BCUT2D eigenvalue weighted by Gasteiger charge is 2.08. The number of aromatic nitrogens is 3. The van der Waals surface area contributed by atoms with Crippen LogP contribution in [0.2, 0.25) is 0 Å². The van der Waals surface area contributed by atoms with Crippen LogP contribution in [-0.4, -0.2) is 29.4 Å². The van der Waals surface area contributed by atoms with Crippen molar-refractivity contribution in [3.8, 4) is 11.5 Å². The van der Waals surface area contributed by atoms with Gasteiger partial charge in [-0.3, -0.25) is 5.10 Å². The van der Waals surface area contributed by atoms with E-state index in [2.05, 4.69) is 31.9 Å². The number of rotatable bonds is 7. The summed E-state index contributed by atoms with van der Waals surface area (Å²) in [6, 6.07) is 9.71. The molecule has 0 atom stereocenters. The molecule has 2 aromatic heterocycles. The minimum absolute atomic E-state index is 0.519. The Labute approximate surface area is 142 Å². The van der Waals surface area contributed by atoms with Gasteiger partial charge in [-0.1, -0.05) is 17.8 Å². The molecule has 2 N–H and O–H groups in total. The zero-order chi connectivity index (χ0) is 16.1. The molecule has 120 valence electrons. The number of hydrogen-bond donors (Lipinski definition) is 2. The molecule has 8 heteroatoms. The summed E-state index contributed by atoms with van der Waals surface area (Å²) in [6.45, 7) is 0. The van der Waals surface area contributed by atoms with Gasteiger partial charge in [0.05, 0.1) is 14.2 Å². The molecule has 2 heterocycles. The Morgan fingerprint density at radius 1 is 1.22 bits per heavy atom. The molecule has 0 aliphatic heterocycles. The number of hydrogen-bond acceptors (Lipinski definition) is 7. The maximum Gasteiger partial charge on any atom is 0.247 e. The molecule has 0 aliphatic rings. The van der Waals surface area contributed by atoms with Gasteiger partial charge >= 0.3 is 0 Å². The first-order valence-electron chi connectivity index (χ1n) is 6.85. The molecular formula is C15H16N4O2S2. The standard InChI is InChI=1S/C15H16N4O2S2/c1-20-12-6-5-10(8-13(12)21-2)16-14-17-15(19-18-14)23-9-11-4-3-7-22-11/h3-8H,9H2,1-2H3,(H2,16,17,18,19). The highest BCUT2D eigenvalue weighted by atomic mass is 32.2. The predicted octanol–water partition coefficient (Wildman–Crippen LogP) is 3.92. The van der Waals surface area contributed by atoms with Gasteiger partial charge in [0.1, 0.15) is 0 Å². The van der Waals surface area contributed by atoms with Gasteiger partial charge in [-0.2, -0.15) is 4.98 Å². The first kappa shape index (κ1) is 15.7. The second kappa shape index (κ2) is 7.38. The third kappa shape index (κ3) is 3.96. The number of anilines is 2. The average Bonchev–Trinajstić information content (AvgIpc) is 3.24. The molecule has 0 unspecified atom stereocenters. The number of aromatic amines is 1. The second-order valence-electron chi connectivity index (χ2n) is 4.53. The largest absolute Gasteiger partial charge is 0.493 e. The first-order valence-corrected chi connectivity index (χ1v) is 8.71. The van der Waals surface area contributed by atoms with Gasteiger partial charge < -0.3 is 14.8 Å². The Balaban J connectivity index is 1.64. The number of methoxy groups -OCH3 is 2. The number of thioether (sulfide) groups is 1. The fraction of sp³-hybridized carbons (Fsp3) is 0.200. The molecule has 0 aliphatic carbocycles. The molecule has 23 heavy (non-hydrogen) atoms. The van der Waals surface area contributed by atoms with Crippen molar-refractivity contribution in [1.29, 1.82) is 0 Å². The van der Waals surface area contributed by atoms with Crippen molar-refractivity contribution in [2.45, 2.75) is 10.9 Å². The van der Waals surface area contributed by atoms with Crippen LogP contribution in [0.5, 0.6) is 11.5 Å². The topological polar surface area (TPSA) is 72.1 Å². The van der Waals surface area contributed by atoms with Gasteiger partial charge in [0, 0.05) is 22.4 Å². The molecule has 1 aromatic carbocycles. The van der Waals surface area contributed by atoms with Gasteiger partial charge in [-0.05, 0) is 23.6 Å². The maximum absolute atomic E-state index is 5.28. The summed E-state index contributed by atoms with van der Waals surface area (Å²) in [4.78, 5) is 5.73. The number of H-pyrrole nitrogens is 1. The van der Waals surface area contributed by atoms with Crippen molar-refractivity contribution >= 4 is 34.7 Å². The van der Waals surface area contributed by atoms with E-state index in [1.807, 2.05) is 24.3 Å². The van der Waals surface area contributed by atoms with Crippen LogP contribution in [0.1, 0.15) is 4.88 Å². The summed E-state index contributed by atoms with van der Waals surface area (Å²) < 4.78 is 10.5. The lowest BCUT2D eigenvalue weighted by Crippen LogP contribution is -1.95. The lowest BCUT2D eigenvalue weighted by Gasteiger charge is -2.09. The van der Waals surface area contributed by atoms with Crippen molar-refractivity contribution in [2.24, 2.45) is 0 Å². The van der Waals surface area contributed by atoms with Crippen molar-refractivity contribution in [3.63, 3.8) is 0 Å². The van der Waals surface area contributed by atoms with Crippen molar-refractivity contribution in [1.82, 2.24) is 15.2 Å². The smallest absolute Gasteiger partial charge is 0.247 e. The fourth-order valence-electron chi connectivity index (χ4n) is 1.94. The van der Waals surface area contributed by atoms with E-state index < -0.39 is 0 Å². The van der Waals surface area contributed by atoms with Crippen LogP contribution in [0.3, 0.4) is 0 Å². The van der Waals surface area contributed by atoms with Crippen LogP contribution < -0.4 is 14.8 Å². The predicted molar refractivity (Wildman–Crippen MR) is 93.1 cm³/mol. The van der Waals surface area contributed by atoms with Crippen LogP contribution in [-0.2, 0) is 5.75 Å². The SMILES string of the molecule is COc1ccc(Nc2n[nH]c(SCc3cccs3)n2)cc1OC. The number of benzene rings is 1. The quantitative estimate of drug-likeness (QED) is 0.631. The monoisotopic (exact) mass is 348 g/mol. The van der Waals surface area contributed by atoms with Crippen molar-refractivity contribution < 1.29 is 9.47 Å². The summed E-state index contributed by atoms with van der Waals surface area (Å²) in [5, 5.41) is 13.1. The number of ether oxygens (including phenoxy) is 2. The lowest BCUT2D eigenvalue weighted by molar-refractivity contribution is 0.355. The molecule has 0 radical (unpaired) electrons. The summed E-state index contributed by atoms with van der Waals surface area (Å²) >= 11 is 3.35. The molecular weight excluding hydrogens is 332 g/mol. The van der Waals surface area contributed by atoms with Gasteiger partial charge in [0.2, 0.25) is 5.95 Å². The Morgan fingerprint density at radius 3 is 2.83 bits per heavy atom. The molecule has 0 spiro atoms. The fourth-order valence-corrected chi connectivity index (χ4v) is 3.52. The maximum atomic E-state index is 5.28. The summed E-state index contributed by atoms with van der Waals surface area (Å²) in [5.41, 5.74) is 0.830. The minimum Gasteiger partial charge on any atom is -0.493 e. The summed E-state index contributed by atoms with van der Waals surface area (Å²) in [6.07, 6.45) is 0. The Morgan fingerprint density at radius 2 is 2.09 bits per heavy atom. The van der Waals surface area contributed by atoms with Crippen LogP contribution in [0.4, 0.5) is 11.6 Å². The molecule has 3 rings (SSSR count). The molecule has 6 nitrogen and oxygen atoms in total. The Hall–Kier alpha value is -2.19. The number of nitrogens with one attached hydrogen (secondary N) is 2. The number of nitrogens with zero attached hydrogens (tertiary/aromatic N) is 2. The highest BCUT2D eigenvalue weighted by Crippen LogP contribution is 2.31. The van der Waals surface area contributed by atoms with E-state index in [1.54, 1.807) is 37.3 Å². The van der Waals surface area contributed by atoms with Crippen LogP contribution in [0.25, 0.3) is 0 Å². The molecule has 0 saturated carbocycles. The molecule has 3 aromatic rings. The second-order valence-corrected chi connectivity index (χ2v) is 6.52. The van der Waals surface area contributed by atoms with Crippen LogP contribution in [0, 0.1) is 0 Å². The van der Waals surface area contributed by atoms with E-state index >= 15 is 0 Å². The third-order valence-corrected chi connectivity index (χ3v) is 5.01. The molecule has 0 bridgehead atoms. The average molecular weight is 348 g/mol. The highest BCUT2D eigenvalue weighted by molar-refractivity contribution is 7.98. The zero-order valence-corrected chi connectivity index (χ0v) is 14.3. The van der Waals surface area contributed by atoms with Gasteiger partial charge in [0.25, 0.3) is 0 Å². The Bertz CT molecular complexity index is 759. The molecule has 0 saturated heterocycles. The molecule has 0 fully saturated rings. The van der Waals surface area contributed by atoms with E-state index in [-0.39, 0.29) is 0 Å². The Kier molecular flexibility index (Phi) is 5.04. The van der Waals surface area contributed by atoms with Gasteiger partial charge in [-0.25, -0.2) is 0 Å².